The number of aliphatic hydroxyl groups is 1. The van der Waals surface area contributed by atoms with Crippen molar-refractivity contribution in [1.29, 1.82) is 0 Å². The van der Waals surface area contributed by atoms with Gasteiger partial charge in [-0.25, -0.2) is 0 Å². The minimum atomic E-state index is -1.24. The van der Waals surface area contributed by atoms with Crippen LogP contribution in [-0.4, -0.2) is 47.9 Å². The number of fused-ring (bicyclic) bond motifs is 5. The Bertz CT molecular complexity index is 796. The molecule has 4 aliphatic rings. The Morgan fingerprint density at radius 3 is 2.30 bits per heavy atom. The average Bonchev–Trinajstić information content (AvgIpc) is 3.10. The van der Waals surface area contributed by atoms with Crippen molar-refractivity contribution in [1.82, 2.24) is 0 Å². The van der Waals surface area contributed by atoms with Crippen LogP contribution < -0.4 is 0 Å². The zero-order valence-electron chi connectivity index (χ0n) is 20.6. The summed E-state index contributed by atoms with van der Waals surface area (Å²) in [6.45, 7) is 7.93. The minimum Gasteiger partial charge on any atom is -0.466 e. The van der Waals surface area contributed by atoms with Crippen LogP contribution in [0.3, 0.4) is 0 Å². The van der Waals surface area contributed by atoms with Crippen LogP contribution in [0.2, 0.25) is 0 Å². The van der Waals surface area contributed by atoms with Gasteiger partial charge in [0.15, 0.2) is 0 Å². The van der Waals surface area contributed by atoms with Crippen molar-refractivity contribution in [2.24, 2.45) is 34.5 Å². The Balaban J connectivity index is 1.66. The summed E-state index contributed by atoms with van der Waals surface area (Å²) in [6, 6.07) is 0. The Hall–Kier alpha value is -1.63. The van der Waals surface area contributed by atoms with Gasteiger partial charge >= 0.3 is 17.9 Å². The van der Waals surface area contributed by atoms with E-state index in [9.17, 15) is 19.5 Å². The van der Waals surface area contributed by atoms with Crippen molar-refractivity contribution < 1.29 is 33.7 Å². The van der Waals surface area contributed by atoms with Crippen LogP contribution in [0.1, 0.15) is 85.5 Å². The molecule has 0 heterocycles. The van der Waals surface area contributed by atoms with Crippen molar-refractivity contribution >= 4 is 17.9 Å². The van der Waals surface area contributed by atoms with Gasteiger partial charge in [0.25, 0.3) is 0 Å². The lowest BCUT2D eigenvalue weighted by Crippen LogP contribution is -2.67. The van der Waals surface area contributed by atoms with E-state index in [-0.39, 0.29) is 60.2 Å². The average molecular weight is 465 g/mol. The lowest BCUT2D eigenvalue weighted by molar-refractivity contribution is -0.240. The molecule has 8 atom stereocenters. The van der Waals surface area contributed by atoms with Crippen molar-refractivity contribution in [3.8, 4) is 0 Å². The molecule has 0 amide bonds. The van der Waals surface area contributed by atoms with E-state index >= 15 is 0 Å². The van der Waals surface area contributed by atoms with Crippen LogP contribution in [0, 0.1) is 34.5 Å². The molecule has 7 unspecified atom stereocenters. The third kappa shape index (κ3) is 3.69. The van der Waals surface area contributed by atoms with Gasteiger partial charge in [-0.15, -0.1) is 0 Å². The Morgan fingerprint density at radius 2 is 1.64 bits per heavy atom. The molecule has 33 heavy (non-hydrogen) atoms. The standard InChI is InChI=1S/C26H40O7/c1-5-31-22(28)21-8-7-19-18-10-13-25(30)15-17(33-16(3)27)9-14-26(25,23(29)32-6-2)20(18)11-12-24(19,21)4/h17-21,30H,5-15H2,1-4H3/t17?,18?,19?,20?,21-,24?,25?,26?/m0/s1. The molecule has 0 aromatic heterocycles. The Kier molecular flexibility index (Phi) is 6.58. The third-order valence-electron chi connectivity index (χ3n) is 9.76. The maximum Gasteiger partial charge on any atom is 0.315 e. The number of ether oxygens (including phenoxy) is 3. The molecule has 0 aromatic carbocycles. The van der Waals surface area contributed by atoms with E-state index in [1.165, 1.54) is 6.92 Å². The molecule has 4 rings (SSSR count). The van der Waals surface area contributed by atoms with Crippen molar-refractivity contribution in [3.63, 3.8) is 0 Å². The molecule has 1 N–H and O–H groups in total. The summed E-state index contributed by atoms with van der Waals surface area (Å²) in [6.07, 6.45) is 5.63. The normalized spacial score (nSPS) is 44.1. The predicted octanol–water partition coefficient (Wildman–Crippen LogP) is 3.80. The highest BCUT2D eigenvalue weighted by molar-refractivity contribution is 5.80. The van der Waals surface area contributed by atoms with Gasteiger partial charge in [-0.3, -0.25) is 14.4 Å². The number of hydrogen-bond donors (Lipinski definition) is 1. The molecule has 0 spiro atoms. The molecule has 4 fully saturated rings. The molecule has 0 aromatic rings. The highest BCUT2D eigenvalue weighted by Gasteiger charge is 2.70. The number of carbonyl (C=O) groups excluding carboxylic acids is 3. The topological polar surface area (TPSA) is 99.1 Å². The van der Waals surface area contributed by atoms with E-state index in [1.807, 2.05) is 6.92 Å². The molecule has 7 nitrogen and oxygen atoms in total. The molecule has 0 saturated heterocycles. The first-order valence-corrected chi connectivity index (χ1v) is 12.9. The molecule has 0 aliphatic heterocycles. The molecule has 7 heteroatoms. The molecular formula is C26H40O7. The molecule has 186 valence electrons. The van der Waals surface area contributed by atoms with Gasteiger partial charge in [0.1, 0.15) is 6.10 Å². The zero-order valence-corrected chi connectivity index (χ0v) is 20.6. The summed E-state index contributed by atoms with van der Waals surface area (Å²) in [5.41, 5.74) is -2.36. The lowest BCUT2D eigenvalue weighted by Gasteiger charge is -2.63. The molecule has 4 aliphatic carbocycles. The van der Waals surface area contributed by atoms with Crippen LogP contribution in [0.5, 0.6) is 0 Å². The SMILES string of the molecule is CCOC(=O)[C@@H]1CCC2C3CCC4(O)CC(OC(C)=O)CCC4(C(=O)OCC)C3CCC21C. The largest absolute Gasteiger partial charge is 0.466 e. The zero-order chi connectivity index (χ0) is 24.0. The van der Waals surface area contributed by atoms with E-state index < -0.39 is 11.0 Å². The van der Waals surface area contributed by atoms with Crippen LogP contribution in [0.4, 0.5) is 0 Å². The molecular weight excluding hydrogens is 424 g/mol. The van der Waals surface area contributed by atoms with Gasteiger partial charge in [0, 0.05) is 13.3 Å². The quantitative estimate of drug-likeness (QED) is 0.488. The van der Waals surface area contributed by atoms with E-state index in [0.29, 0.717) is 31.8 Å². The third-order valence-corrected chi connectivity index (χ3v) is 9.76. The number of esters is 3. The van der Waals surface area contributed by atoms with Gasteiger partial charge in [0.2, 0.25) is 0 Å². The Morgan fingerprint density at radius 1 is 0.909 bits per heavy atom. The number of carbonyl (C=O) groups is 3. The summed E-state index contributed by atoms with van der Waals surface area (Å²) in [5, 5.41) is 12.0. The van der Waals surface area contributed by atoms with Gasteiger partial charge in [-0.05, 0) is 88.4 Å². The number of hydrogen-bond acceptors (Lipinski definition) is 7. The monoisotopic (exact) mass is 464 g/mol. The fourth-order valence-electron chi connectivity index (χ4n) is 8.51. The maximum atomic E-state index is 13.6. The van der Waals surface area contributed by atoms with Gasteiger partial charge < -0.3 is 19.3 Å². The van der Waals surface area contributed by atoms with Crippen LogP contribution in [0.15, 0.2) is 0 Å². The first-order chi connectivity index (χ1) is 15.6. The minimum absolute atomic E-state index is 0.00704. The van der Waals surface area contributed by atoms with Crippen molar-refractivity contribution in [3.05, 3.63) is 0 Å². The van der Waals surface area contributed by atoms with Crippen molar-refractivity contribution in [2.45, 2.75) is 97.2 Å². The van der Waals surface area contributed by atoms with Crippen LogP contribution >= 0.6 is 0 Å². The summed E-state index contributed by atoms with van der Waals surface area (Å²) in [7, 11) is 0. The second kappa shape index (κ2) is 8.86. The Labute approximate surface area is 196 Å². The summed E-state index contributed by atoms with van der Waals surface area (Å²) in [4.78, 5) is 37.9. The van der Waals surface area contributed by atoms with E-state index in [4.69, 9.17) is 14.2 Å². The molecule has 4 saturated carbocycles. The van der Waals surface area contributed by atoms with Crippen molar-refractivity contribution in [2.75, 3.05) is 13.2 Å². The first-order valence-electron chi connectivity index (χ1n) is 12.9. The van der Waals surface area contributed by atoms with Gasteiger partial charge in [-0.1, -0.05) is 6.92 Å². The van der Waals surface area contributed by atoms with Crippen LogP contribution in [0.25, 0.3) is 0 Å². The first kappa shape index (κ1) is 24.5. The smallest absolute Gasteiger partial charge is 0.315 e. The van der Waals surface area contributed by atoms with Gasteiger partial charge in [0.05, 0.1) is 30.1 Å². The maximum absolute atomic E-state index is 13.6. The van der Waals surface area contributed by atoms with E-state index in [2.05, 4.69) is 6.92 Å². The fourth-order valence-corrected chi connectivity index (χ4v) is 8.51. The molecule has 0 radical (unpaired) electrons. The fraction of sp³-hybridized carbons (Fsp3) is 0.885. The summed E-state index contributed by atoms with van der Waals surface area (Å²) < 4.78 is 16.5. The summed E-state index contributed by atoms with van der Waals surface area (Å²) in [5.74, 6) is -0.242. The lowest BCUT2D eigenvalue weighted by atomic mass is 9.42. The van der Waals surface area contributed by atoms with E-state index in [1.54, 1.807) is 6.92 Å². The summed E-state index contributed by atoms with van der Waals surface area (Å²) >= 11 is 0. The van der Waals surface area contributed by atoms with E-state index in [0.717, 1.165) is 32.1 Å². The second-order valence-corrected chi connectivity index (χ2v) is 11.0. The second-order valence-electron chi connectivity index (χ2n) is 11.0. The highest BCUT2D eigenvalue weighted by atomic mass is 16.5. The predicted molar refractivity (Wildman–Crippen MR) is 120 cm³/mol. The molecule has 0 bridgehead atoms. The van der Waals surface area contributed by atoms with Crippen LogP contribution in [-0.2, 0) is 28.6 Å². The van der Waals surface area contributed by atoms with Gasteiger partial charge in [-0.2, -0.15) is 0 Å². The number of rotatable bonds is 5. The highest BCUT2D eigenvalue weighted by Crippen LogP contribution is 2.69.